The van der Waals surface area contributed by atoms with Crippen molar-refractivity contribution in [2.24, 2.45) is 4.99 Å². The van der Waals surface area contributed by atoms with Gasteiger partial charge in [0.2, 0.25) is 0 Å². The van der Waals surface area contributed by atoms with Gasteiger partial charge >= 0.3 is 12.4 Å². The Morgan fingerprint density at radius 2 is 1.79 bits per heavy atom. The topological polar surface area (TPSA) is 86.3 Å². The van der Waals surface area contributed by atoms with Crippen molar-refractivity contribution in [2.75, 3.05) is 0 Å². The van der Waals surface area contributed by atoms with Crippen molar-refractivity contribution >= 4 is 17.4 Å². The van der Waals surface area contributed by atoms with Crippen LogP contribution >= 0.6 is 11.3 Å². The van der Waals surface area contributed by atoms with Gasteiger partial charge in [0.1, 0.15) is 12.1 Å². The van der Waals surface area contributed by atoms with E-state index in [1.165, 1.54) is 57.7 Å². The predicted octanol–water partition coefficient (Wildman–Crippen LogP) is 8.37. The number of carbonyl (C=O) groups is 1. The number of halogens is 3. The number of carbonyl (C=O) groups excluding carboxylic acids is 1. The molecule has 8 nitrogen and oxygen atoms in total. The number of amides is 2. The van der Waals surface area contributed by atoms with Gasteiger partial charge in [-0.05, 0) is 92.0 Å². The lowest BCUT2D eigenvalue weighted by molar-refractivity contribution is -0.274. The second-order valence-electron chi connectivity index (χ2n) is 12.2. The van der Waals surface area contributed by atoms with Crippen LogP contribution in [0.25, 0.3) is 22.8 Å². The van der Waals surface area contributed by atoms with Crippen LogP contribution in [0.2, 0.25) is 0 Å². The summed E-state index contributed by atoms with van der Waals surface area (Å²) in [7, 11) is 0. The average Bonchev–Trinajstić information content (AvgIpc) is 3.77. The van der Waals surface area contributed by atoms with Gasteiger partial charge in [-0.2, -0.15) is 4.99 Å². The Bertz CT molecular complexity index is 1940. The highest BCUT2D eigenvalue weighted by Gasteiger charge is 2.31. The van der Waals surface area contributed by atoms with Gasteiger partial charge in [0.15, 0.2) is 10.6 Å². The molecule has 47 heavy (non-hydrogen) atoms. The number of hydrogen-bond acceptors (Lipinski definition) is 5. The molecule has 2 heterocycles. The minimum atomic E-state index is -4.75. The standard InChI is InChI=1S/C35H35F3N6O2S/c1-21(2)30-16-5-22(3)17-31(30)44-23(4)19-47-34(44)41-33(45)40-27-11-10-26(18-27)24-6-8-25(9-7-24)32-39-20-43(42-32)28-12-14-29(15-13-28)46-35(36,37)38/h5-9,12-17,19-21,26-27H,10-11,18H2,1-4H3,(H,40,45)/b41-34-. The number of thiazole rings is 1. The molecular formula is C35H35F3N6O2S. The molecule has 0 aliphatic heterocycles. The van der Waals surface area contributed by atoms with Crippen molar-refractivity contribution in [3.05, 3.63) is 106 Å². The smallest absolute Gasteiger partial charge is 0.406 e. The number of rotatable bonds is 7. The largest absolute Gasteiger partial charge is 0.573 e. The van der Waals surface area contributed by atoms with E-state index in [0.717, 1.165) is 41.8 Å². The van der Waals surface area contributed by atoms with Crippen molar-refractivity contribution in [1.82, 2.24) is 24.6 Å². The van der Waals surface area contributed by atoms with E-state index < -0.39 is 6.36 Å². The zero-order valence-electron chi connectivity index (χ0n) is 26.5. The van der Waals surface area contributed by atoms with E-state index in [1.54, 1.807) is 0 Å². The summed E-state index contributed by atoms with van der Waals surface area (Å²) in [5.41, 5.74) is 7.01. The number of aryl methyl sites for hydroxylation is 2. The Labute approximate surface area is 274 Å². The summed E-state index contributed by atoms with van der Waals surface area (Å²) >= 11 is 1.46. The predicted molar refractivity (Wildman–Crippen MR) is 175 cm³/mol. The maximum absolute atomic E-state index is 13.1. The first-order valence-electron chi connectivity index (χ1n) is 15.4. The van der Waals surface area contributed by atoms with Crippen LogP contribution in [0.15, 0.2) is 83.4 Å². The lowest BCUT2D eigenvalue weighted by atomic mass is 9.96. The van der Waals surface area contributed by atoms with E-state index in [4.69, 9.17) is 0 Å². The first-order valence-corrected chi connectivity index (χ1v) is 16.3. The zero-order valence-corrected chi connectivity index (χ0v) is 27.3. The molecule has 2 unspecified atom stereocenters. The van der Waals surface area contributed by atoms with E-state index >= 15 is 0 Å². The van der Waals surface area contributed by atoms with Gasteiger partial charge in [-0.3, -0.25) is 4.57 Å². The number of alkyl halides is 3. The fourth-order valence-corrected chi connectivity index (χ4v) is 6.90. The van der Waals surface area contributed by atoms with Crippen LogP contribution in [0, 0.1) is 13.8 Å². The molecule has 1 aliphatic rings. The molecule has 1 aliphatic carbocycles. The summed E-state index contributed by atoms with van der Waals surface area (Å²) in [5, 5.41) is 9.65. The normalized spacial score (nSPS) is 17.0. The SMILES string of the molecule is Cc1ccc(C(C)C)c(-n2c(C)cs/c2=N\C(=O)NC2CCC(c3ccc(-c4ncn(-c5ccc(OC(F)(F)F)cc5)n4)cc3)C2)c1. The molecule has 0 saturated heterocycles. The quantitative estimate of drug-likeness (QED) is 0.190. The van der Waals surface area contributed by atoms with E-state index in [1.807, 2.05) is 24.4 Å². The Balaban J connectivity index is 1.09. The molecule has 3 aromatic carbocycles. The van der Waals surface area contributed by atoms with Gasteiger partial charge in [-0.25, -0.2) is 14.5 Å². The summed E-state index contributed by atoms with van der Waals surface area (Å²) in [6.45, 7) is 8.44. The van der Waals surface area contributed by atoms with Crippen LogP contribution in [0.4, 0.5) is 18.0 Å². The fourth-order valence-electron chi connectivity index (χ4n) is 6.03. The second-order valence-corrected chi connectivity index (χ2v) is 13.0. The van der Waals surface area contributed by atoms with Crippen molar-refractivity contribution in [3.8, 4) is 28.5 Å². The highest BCUT2D eigenvalue weighted by atomic mass is 32.1. The summed E-state index contributed by atoms with van der Waals surface area (Å²) in [6, 6.07) is 19.6. The van der Waals surface area contributed by atoms with Gasteiger partial charge < -0.3 is 10.1 Å². The van der Waals surface area contributed by atoms with Crippen LogP contribution in [0.5, 0.6) is 5.75 Å². The van der Waals surface area contributed by atoms with Crippen molar-refractivity contribution < 1.29 is 22.7 Å². The minimum absolute atomic E-state index is 0.0286. The van der Waals surface area contributed by atoms with Crippen LogP contribution in [-0.2, 0) is 0 Å². The van der Waals surface area contributed by atoms with Crippen LogP contribution < -0.4 is 14.9 Å². The number of benzene rings is 3. The molecule has 2 atom stereocenters. The Morgan fingerprint density at radius 1 is 1.04 bits per heavy atom. The fraction of sp³-hybridized carbons (Fsp3) is 0.314. The third-order valence-electron chi connectivity index (χ3n) is 8.35. The highest BCUT2D eigenvalue weighted by Crippen LogP contribution is 2.35. The number of urea groups is 1. The summed E-state index contributed by atoms with van der Waals surface area (Å²) in [4.78, 5) is 22.6. The summed E-state index contributed by atoms with van der Waals surface area (Å²) in [5.74, 6) is 0.822. The molecule has 244 valence electrons. The number of nitrogens with one attached hydrogen (secondary N) is 1. The first-order chi connectivity index (χ1) is 22.4. The number of aromatic nitrogens is 4. The van der Waals surface area contributed by atoms with Crippen LogP contribution in [-0.4, -0.2) is 37.8 Å². The zero-order chi connectivity index (χ0) is 33.3. The first kappa shape index (κ1) is 32.2. The number of ether oxygens (including phenoxy) is 1. The molecule has 0 spiro atoms. The molecule has 0 bridgehead atoms. The van der Waals surface area contributed by atoms with E-state index in [-0.39, 0.29) is 17.8 Å². The van der Waals surface area contributed by atoms with Crippen molar-refractivity contribution in [2.45, 2.75) is 71.2 Å². The minimum Gasteiger partial charge on any atom is -0.406 e. The van der Waals surface area contributed by atoms with Crippen molar-refractivity contribution in [3.63, 3.8) is 0 Å². The monoisotopic (exact) mass is 660 g/mol. The molecular weight excluding hydrogens is 625 g/mol. The lowest BCUT2D eigenvalue weighted by Gasteiger charge is -2.16. The van der Waals surface area contributed by atoms with E-state index in [2.05, 4.69) is 80.8 Å². The van der Waals surface area contributed by atoms with Crippen molar-refractivity contribution in [1.29, 1.82) is 0 Å². The second kappa shape index (κ2) is 13.2. The Hall–Kier alpha value is -4.71. The van der Waals surface area contributed by atoms with Gasteiger partial charge in [-0.1, -0.05) is 50.2 Å². The molecule has 1 saturated carbocycles. The lowest BCUT2D eigenvalue weighted by Crippen LogP contribution is -2.32. The summed E-state index contributed by atoms with van der Waals surface area (Å²) in [6.07, 6.45) is -0.595. The average molecular weight is 661 g/mol. The van der Waals surface area contributed by atoms with Gasteiger partial charge in [0, 0.05) is 22.7 Å². The third-order valence-corrected chi connectivity index (χ3v) is 9.30. The Morgan fingerprint density at radius 3 is 2.49 bits per heavy atom. The van der Waals surface area contributed by atoms with Crippen LogP contribution in [0.1, 0.15) is 67.3 Å². The molecule has 0 radical (unpaired) electrons. The number of hydrogen-bond donors (Lipinski definition) is 1. The number of nitrogens with zero attached hydrogens (tertiary/aromatic N) is 5. The molecule has 6 rings (SSSR count). The van der Waals surface area contributed by atoms with Gasteiger partial charge in [0.25, 0.3) is 0 Å². The van der Waals surface area contributed by atoms with Gasteiger partial charge in [-0.15, -0.1) is 29.6 Å². The molecule has 5 aromatic rings. The molecule has 12 heteroatoms. The van der Waals surface area contributed by atoms with Crippen LogP contribution in [0.3, 0.4) is 0 Å². The van der Waals surface area contributed by atoms with Gasteiger partial charge in [0.05, 0.1) is 11.4 Å². The molecule has 1 N–H and O–H groups in total. The maximum Gasteiger partial charge on any atom is 0.573 e. The molecule has 2 aromatic heterocycles. The third kappa shape index (κ3) is 7.48. The Kier molecular flexibility index (Phi) is 9.05. The summed E-state index contributed by atoms with van der Waals surface area (Å²) < 4.78 is 44.9. The highest BCUT2D eigenvalue weighted by molar-refractivity contribution is 7.07. The molecule has 1 fully saturated rings. The van der Waals surface area contributed by atoms with E-state index in [9.17, 15) is 18.0 Å². The maximum atomic E-state index is 13.1. The molecule has 2 amide bonds. The van der Waals surface area contributed by atoms with E-state index in [0.29, 0.717) is 28.1 Å².